The van der Waals surface area contributed by atoms with Gasteiger partial charge in [-0.3, -0.25) is 19.0 Å². The van der Waals surface area contributed by atoms with Gasteiger partial charge in [-0.2, -0.15) is 4.98 Å². The fraction of sp³-hybridized carbons (Fsp3) is 0.435. The third-order valence-electron chi connectivity index (χ3n) is 5.82. The molecule has 3 heterocycles. The van der Waals surface area contributed by atoms with Crippen LogP contribution in [0.25, 0.3) is 10.3 Å². The molecule has 0 atom stereocenters. The van der Waals surface area contributed by atoms with Gasteiger partial charge in [-0.1, -0.05) is 30.4 Å². The minimum Gasteiger partial charge on any atom is -0.356 e. The van der Waals surface area contributed by atoms with E-state index in [0.29, 0.717) is 35.7 Å². The van der Waals surface area contributed by atoms with Gasteiger partial charge in [0.15, 0.2) is 10.8 Å². The topological polar surface area (TPSA) is 109 Å². The van der Waals surface area contributed by atoms with E-state index in [-0.39, 0.29) is 29.8 Å². The van der Waals surface area contributed by atoms with Crippen LogP contribution in [0.2, 0.25) is 0 Å². The molecule has 2 amide bonds. The second-order valence-electron chi connectivity index (χ2n) is 8.08. The van der Waals surface area contributed by atoms with E-state index < -0.39 is 0 Å². The molecule has 4 rings (SSSR count). The van der Waals surface area contributed by atoms with E-state index in [2.05, 4.69) is 32.4 Å². The molecule has 0 aliphatic carbocycles. The van der Waals surface area contributed by atoms with Gasteiger partial charge in [-0.05, 0) is 43.9 Å². The number of thiazole rings is 1. The summed E-state index contributed by atoms with van der Waals surface area (Å²) in [7, 11) is 0. The minimum atomic E-state index is -0.292. The Kier molecular flexibility index (Phi) is 7.02. The summed E-state index contributed by atoms with van der Waals surface area (Å²) in [6.07, 6.45) is 3.80. The molecule has 10 heteroatoms. The van der Waals surface area contributed by atoms with Crippen LogP contribution in [-0.4, -0.2) is 46.0 Å². The Bertz CT molecular complexity index is 1200. The maximum absolute atomic E-state index is 13.0. The van der Waals surface area contributed by atoms with Gasteiger partial charge in [0.25, 0.3) is 5.56 Å². The predicted octanol–water partition coefficient (Wildman–Crippen LogP) is 2.41. The number of nitrogens with one attached hydrogen (secondary N) is 2. The van der Waals surface area contributed by atoms with Crippen LogP contribution in [0.1, 0.15) is 32.3 Å². The van der Waals surface area contributed by atoms with Gasteiger partial charge < -0.3 is 15.5 Å². The molecule has 1 aliphatic rings. The Morgan fingerprint density at radius 2 is 1.88 bits per heavy atom. The van der Waals surface area contributed by atoms with Gasteiger partial charge in [0.05, 0.1) is 0 Å². The third kappa shape index (κ3) is 5.22. The van der Waals surface area contributed by atoms with Gasteiger partial charge in [0, 0.05) is 31.2 Å². The first-order chi connectivity index (χ1) is 16.0. The molecule has 9 nitrogen and oxygen atoms in total. The van der Waals surface area contributed by atoms with Crippen molar-refractivity contribution in [2.24, 2.45) is 5.92 Å². The van der Waals surface area contributed by atoms with Crippen LogP contribution in [0.4, 0.5) is 10.8 Å². The number of aromatic nitrogens is 3. The zero-order valence-electron chi connectivity index (χ0n) is 18.8. The molecule has 1 aliphatic heterocycles. The number of carbonyl (C=O) groups excluding carboxylic acids is 2. The molecular formula is C23H28N6O3S. The highest BCUT2D eigenvalue weighted by atomic mass is 32.1. The normalized spacial score (nSPS) is 14.4. The van der Waals surface area contributed by atoms with Crippen molar-refractivity contribution in [3.63, 3.8) is 0 Å². The summed E-state index contributed by atoms with van der Waals surface area (Å²) in [4.78, 5) is 48.4. The average Bonchev–Trinajstić information content (AvgIpc) is 3.27. The smallest absolute Gasteiger partial charge is 0.273 e. The summed E-state index contributed by atoms with van der Waals surface area (Å²) in [5.74, 6) is -0.173. The number of aryl methyl sites for hydroxylation is 1. The molecule has 0 radical (unpaired) electrons. The lowest BCUT2D eigenvalue weighted by Crippen LogP contribution is -2.40. The molecule has 0 spiro atoms. The highest BCUT2D eigenvalue weighted by molar-refractivity contribution is 7.22. The number of benzene rings is 1. The molecule has 174 valence electrons. The van der Waals surface area contributed by atoms with E-state index in [9.17, 15) is 14.4 Å². The van der Waals surface area contributed by atoms with Crippen LogP contribution in [0.3, 0.4) is 0 Å². The quantitative estimate of drug-likeness (QED) is 0.551. The van der Waals surface area contributed by atoms with Crippen molar-refractivity contribution >= 4 is 44.3 Å². The Hall–Kier alpha value is -3.27. The Labute approximate surface area is 195 Å². The third-order valence-corrected chi connectivity index (χ3v) is 6.91. The van der Waals surface area contributed by atoms with E-state index in [1.165, 1.54) is 27.8 Å². The maximum atomic E-state index is 13.0. The van der Waals surface area contributed by atoms with Crippen LogP contribution >= 0.6 is 11.3 Å². The molecule has 2 N–H and O–H groups in total. The van der Waals surface area contributed by atoms with Gasteiger partial charge in [0.1, 0.15) is 17.6 Å². The monoisotopic (exact) mass is 468 g/mol. The molecule has 0 saturated carbocycles. The maximum Gasteiger partial charge on any atom is 0.273 e. The van der Waals surface area contributed by atoms with Gasteiger partial charge in [-0.25, -0.2) is 4.98 Å². The summed E-state index contributed by atoms with van der Waals surface area (Å²) in [5, 5.41) is 6.42. The number of piperidine rings is 1. The number of nitrogens with zero attached hydrogens (tertiary/aromatic N) is 4. The van der Waals surface area contributed by atoms with Crippen molar-refractivity contribution in [1.29, 1.82) is 0 Å². The highest BCUT2D eigenvalue weighted by Crippen LogP contribution is 2.29. The molecule has 1 fully saturated rings. The first-order valence-corrected chi connectivity index (χ1v) is 12.1. The lowest BCUT2D eigenvalue weighted by atomic mass is 9.96. The summed E-state index contributed by atoms with van der Waals surface area (Å²) in [6, 6.07) is 7.64. The highest BCUT2D eigenvalue weighted by Gasteiger charge is 2.26. The summed E-state index contributed by atoms with van der Waals surface area (Å²) in [5.41, 5.74) is 1.99. The van der Waals surface area contributed by atoms with Crippen LogP contribution < -0.4 is 21.1 Å². The second-order valence-corrected chi connectivity index (χ2v) is 9.06. The summed E-state index contributed by atoms with van der Waals surface area (Å²) >= 11 is 1.29. The molecule has 0 bridgehead atoms. The Morgan fingerprint density at radius 3 is 2.55 bits per heavy atom. The minimum absolute atomic E-state index is 0.0163. The van der Waals surface area contributed by atoms with Crippen molar-refractivity contribution in [2.45, 2.75) is 39.7 Å². The summed E-state index contributed by atoms with van der Waals surface area (Å²) in [6.45, 7) is 5.91. The zero-order chi connectivity index (χ0) is 23.4. The largest absolute Gasteiger partial charge is 0.356 e. The first kappa shape index (κ1) is 22.9. The van der Waals surface area contributed by atoms with Gasteiger partial charge >= 0.3 is 0 Å². The SMILES string of the molecule is CCNC(=O)C1CCN(c2nc3ncn(CC(=O)Nc4ccc(CC)cc4)c(=O)c3s2)CC1. The summed E-state index contributed by atoms with van der Waals surface area (Å²) < 4.78 is 1.74. The number of hydrogen-bond donors (Lipinski definition) is 2. The van der Waals surface area contributed by atoms with Crippen molar-refractivity contribution in [2.75, 3.05) is 29.9 Å². The number of hydrogen-bond acceptors (Lipinski definition) is 7. The zero-order valence-corrected chi connectivity index (χ0v) is 19.7. The molecule has 0 unspecified atom stereocenters. The van der Waals surface area contributed by atoms with Crippen LogP contribution in [0.5, 0.6) is 0 Å². The molecule has 2 aromatic heterocycles. The molecule has 3 aromatic rings. The molecule has 1 saturated heterocycles. The number of anilines is 2. The van der Waals surface area contributed by atoms with E-state index in [4.69, 9.17) is 0 Å². The van der Waals surface area contributed by atoms with Gasteiger partial charge in [0.2, 0.25) is 11.8 Å². The van der Waals surface area contributed by atoms with Crippen molar-refractivity contribution in [1.82, 2.24) is 19.9 Å². The Balaban J connectivity index is 1.43. The van der Waals surface area contributed by atoms with E-state index >= 15 is 0 Å². The first-order valence-electron chi connectivity index (χ1n) is 11.3. The van der Waals surface area contributed by atoms with Crippen molar-refractivity contribution < 1.29 is 9.59 Å². The molecular weight excluding hydrogens is 440 g/mol. The second kappa shape index (κ2) is 10.1. The van der Waals surface area contributed by atoms with Crippen molar-refractivity contribution in [3.8, 4) is 0 Å². The van der Waals surface area contributed by atoms with Crippen LogP contribution in [0.15, 0.2) is 35.4 Å². The number of fused-ring (bicyclic) bond motifs is 1. The number of carbonyl (C=O) groups is 2. The fourth-order valence-electron chi connectivity index (χ4n) is 3.91. The van der Waals surface area contributed by atoms with E-state index in [0.717, 1.165) is 24.4 Å². The van der Waals surface area contributed by atoms with Crippen molar-refractivity contribution in [3.05, 3.63) is 46.5 Å². The van der Waals surface area contributed by atoms with Gasteiger partial charge in [-0.15, -0.1) is 0 Å². The van der Waals surface area contributed by atoms with Crippen LogP contribution in [0, 0.1) is 5.92 Å². The van der Waals surface area contributed by atoms with E-state index in [1.807, 2.05) is 31.2 Å². The molecule has 33 heavy (non-hydrogen) atoms. The lowest BCUT2D eigenvalue weighted by molar-refractivity contribution is -0.125. The van der Waals surface area contributed by atoms with Crippen LogP contribution in [-0.2, 0) is 22.6 Å². The Morgan fingerprint density at radius 1 is 1.15 bits per heavy atom. The average molecular weight is 469 g/mol. The number of amides is 2. The molecule has 1 aromatic carbocycles. The predicted molar refractivity (Wildman–Crippen MR) is 130 cm³/mol. The number of rotatable bonds is 7. The standard InChI is InChI=1S/C23H28N6O3S/c1-3-15-5-7-17(8-6-15)26-18(30)13-29-14-25-20-19(22(29)32)33-23(27-20)28-11-9-16(10-12-28)21(31)24-4-2/h5-8,14,16H,3-4,9-13H2,1-2H3,(H,24,31)(H,26,30). The fourth-order valence-corrected chi connectivity index (χ4v) is 4.93. The lowest BCUT2D eigenvalue weighted by Gasteiger charge is -2.30. The van der Waals surface area contributed by atoms with E-state index in [1.54, 1.807) is 0 Å².